The molecule has 0 saturated carbocycles. The van der Waals surface area contributed by atoms with E-state index in [1.54, 1.807) is 17.1 Å². The highest BCUT2D eigenvalue weighted by Gasteiger charge is 2.25. The summed E-state index contributed by atoms with van der Waals surface area (Å²) in [6.45, 7) is 3.99. The summed E-state index contributed by atoms with van der Waals surface area (Å²) < 4.78 is 15.7. The summed E-state index contributed by atoms with van der Waals surface area (Å²) in [4.78, 5) is 0. The van der Waals surface area contributed by atoms with Crippen molar-refractivity contribution in [2.75, 3.05) is 19.8 Å². The van der Waals surface area contributed by atoms with Gasteiger partial charge in [-0.05, 0) is 12.5 Å². The molecule has 1 saturated heterocycles. The summed E-state index contributed by atoms with van der Waals surface area (Å²) in [5.41, 5.74) is 1.66. The Morgan fingerprint density at radius 2 is 2.32 bits per heavy atom. The topological polar surface area (TPSA) is 60.6 Å². The van der Waals surface area contributed by atoms with Crippen molar-refractivity contribution >= 4 is 0 Å². The van der Waals surface area contributed by atoms with Crippen molar-refractivity contribution in [1.82, 2.24) is 30.1 Å². The van der Waals surface area contributed by atoms with E-state index in [4.69, 9.17) is 0 Å². The first kappa shape index (κ1) is 12.3. The van der Waals surface area contributed by atoms with Crippen molar-refractivity contribution in [2.24, 2.45) is 5.92 Å². The molecule has 0 spiro atoms. The number of rotatable bonds is 4. The first-order valence-corrected chi connectivity index (χ1v) is 6.49. The summed E-state index contributed by atoms with van der Waals surface area (Å²) in [7, 11) is 0. The average molecular weight is 264 g/mol. The molecule has 1 fully saturated rings. The number of alkyl halides is 1. The van der Waals surface area contributed by atoms with Gasteiger partial charge in [-0.25, -0.2) is 9.07 Å². The molecule has 3 rings (SSSR count). The van der Waals surface area contributed by atoms with Crippen LogP contribution in [0.3, 0.4) is 0 Å². The molecule has 0 bridgehead atoms. The van der Waals surface area contributed by atoms with E-state index in [0.717, 1.165) is 24.3 Å². The van der Waals surface area contributed by atoms with Gasteiger partial charge in [-0.1, -0.05) is 12.1 Å². The third kappa shape index (κ3) is 2.37. The lowest BCUT2D eigenvalue weighted by Crippen LogP contribution is -2.16. The van der Waals surface area contributed by atoms with Crippen molar-refractivity contribution in [3.05, 3.63) is 18.6 Å². The third-order valence-electron chi connectivity index (χ3n) is 3.57. The Balaban J connectivity index is 1.80. The molecule has 3 heterocycles. The second-order valence-electron chi connectivity index (χ2n) is 4.97. The standard InChI is InChI=1S/C12H17FN6/c1-9-4-14-6-12(9)19-8-11(16-17-19)10-5-15-18(7-10)3-2-13/h5,7-9,12,14H,2-4,6H2,1H3/t9-,12-/m1/s1. The Labute approximate surface area is 110 Å². The van der Waals surface area contributed by atoms with Crippen LogP contribution in [0.1, 0.15) is 13.0 Å². The molecule has 0 aliphatic carbocycles. The average Bonchev–Trinajstić information content (AvgIpc) is 3.08. The van der Waals surface area contributed by atoms with Crippen molar-refractivity contribution in [3.8, 4) is 11.3 Å². The molecular formula is C12H17FN6. The molecule has 7 heteroatoms. The summed E-state index contributed by atoms with van der Waals surface area (Å²) >= 11 is 0. The summed E-state index contributed by atoms with van der Waals surface area (Å²) in [5.74, 6) is 0.545. The van der Waals surface area contributed by atoms with E-state index in [1.165, 1.54) is 0 Å². The fourth-order valence-corrected chi connectivity index (χ4v) is 2.43. The van der Waals surface area contributed by atoms with Gasteiger partial charge in [0.15, 0.2) is 0 Å². The van der Waals surface area contributed by atoms with E-state index >= 15 is 0 Å². The third-order valence-corrected chi connectivity index (χ3v) is 3.57. The molecule has 2 atom stereocenters. The minimum Gasteiger partial charge on any atom is -0.314 e. The predicted octanol–water partition coefficient (Wildman–Crippen LogP) is 0.891. The number of aromatic nitrogens is 5. The van der Waals surface area contributed by atoms with Gasteiger partial charge in [0.05, 0.1) is 25.0 Å². The van der Waals surface area contributed by atoms with Crippen molar-refractivity contribution in [2.45, 2.75) is 19.5 Å². The molecule has 1 N–H and O–H groups in total. The molecule has 2 aromatic rings. The largest absolute Gasteiger partial charge is 0.314 e. The van der Waals surface area contributed by atoms with Gasteiger partial charge in [0.25, 0.3) is 0 Å². The fourth-order valence-electron chi connectivity index (χ4n) is 2.43. The van der Waals surface area contributed by atoms with E-state index in [2.05, 4.69) is 27.7 Å². The highest BCUT2D eigenvalue weighted by Crippen LogP contribution is 2.23. The molecule has 1 aliphatic rings. The van der Waals surface area contributed by atoms with Crippen molar-refractivity contribution in [3.63, 3.8) is 0 Å². The highest BCUT2D eigenvalue weighted by molar-refractivity contribution is 5.55. The SMILES string of the molecule is C[C@@H]1CNC[C@H]1n1cc(-c2cnn(CCF)c2)nn1. The van der Waals surface area contributed by atoms with Crippen LogP contribution in [0.25, 0.3) is 11.3 Å². The van der Waals surface area contributed by atoms with Crippen LogP contribution >= 0.6 is 0 Å². The second-order valence-corrected chi connectivity index (χ2v) is 4.97. The lowest BCUT2D eigenvalue weighted by atomic mass is 10.1. The monoisotopic (exact) mass is 264 g/mol. The number of halogens is 1. The van der Waals surface area contributed by atoms with Gasteiger partial charge in [-0.3, -0.25) is 4.68 Å². The first-order chi connectivity index (χ1) is 9.28. The normalized spacial score (nSPS) is 23.1. The quantitative estimate of drug-likeness (QED) is 0.891. The minimum atomic E-state index is -0.418. The van der Waals surface area contributed by atoms with Gasteiger partial charge in [0.1, 0.15) is 12.4 Å². The van der Waals surface area contributed by atoms with Crippen LogP contribution in [-0.4, -0.2) is 44.5 Å². The summed E-state index contributed by atoms with van der Waals surface area (Å²) in [6.07, 6.45) is 5.43. The Hall–Kier alpha value is -1.76. The first-order valence-electron chi connectivity index (χ1n) is 6.49. The smallest absolute Gasteiger partial charge is 0.116 e. The number of nitrogens with zero attached hydrogens (tertiary/aromatic N) is 5. The Morgan fingerprint density at radius 1 is 1.42 bits per heavy atom. The van der Waals surface area contributed by atoms with Crippen LogP contribution < -0.4 is 5.32 Å². The minimum absolute atomic E-state index is 0.276. The molecule has 19 heavy (non-hydrogen) atoms. The molecule has 0 amide bonds. The summed E-state index contributed by atoms with van der Waals surface area (Å²) in [6, 6.07) is 0.349. The van der Waals surface area contributed by atoms with Crippen LogP contribution in [-0.2, 0) is 6.54 Å². The molecule has 0 aromatic carbocycles. The van der Waals surface area contributed by atoms with Crippen LogP contribution in [0.2, 0.25) is 0 Å². The van der Waals surface area contributed by atoms with Gasteiger partial charge >= 0.3 is 0 Å². The van der Waals surface area contributed by atoms with E-state index in [1.807, 2.05) is 10.9 Å². The zero-order valence-corrected chi connectivity index (χ0v) is 10.8. The lowest BCUT2D eigenvalue weighted by Gasteiger charge is -2.12. The number of hydrogen-bond donors (Lipinski definition) is 1. The second kappa shape index (κ2) is 5.08. The predicted molar refractivity (Wildman–Crippen MR) is 68.3 cm³/mol. The highest BCUT2D eigenvalue weighted by atomic mass is 19.1. The summed E-state index contributed by atoms with van der Waals surface area (Å²) in [5, 5.41) is 15.8. The number of nitrogens with one attached hydrogen (secondary N) is 1. The molecular weight excluding hydrogens is 247 g/mol. The van der Waals surface area contributed by atoms with Crippen LogP contribution in [0, 0.1) is 5.92 Å². The number of aryl methyl sites for hydroxylation is 1. The molecule has 6 nitrogen and oxygen atoms in total. The Bertz CT molecular complexity index is 548. The van der Waals surface area contributed by atoms with Gasteiger partial charge in [-0.2, -0.15) is 5.10 Å². The maximum absolute atomic E-state index is 12.2. The van der Waals surface area contributed by atoms with E-state index in [0.29, 0.717) is 12.0 Å². The van der Waals surface area contributed by atoms with E-state index in [9.17, 15) is 4.39 Å². The Kier molecular flexibility index (Phi) is 3.29. The van der Waals surface area contributed by atoms with Crippen LogP contribution in [0.5, 0.6) is 0 Å². The van der Waals surface area contributed by atoms with Crippen molar-refractivity contribution < 1.29 is 4.39 Å². The zero-order valence-electron chi connectivity index (χ0n) is 10.8. The van der Waals surface area contributed by atoms with Crippen molar-refractivity contribution in [1.29, 1.82) is 0 Å². The lowest BCUT2D eigenvalue weighted by molar-refractivity contribution is 0.392. The fraction of sp³-hybridized carbons (Fsp3) is 0.583. The van der Waals surface area contributed by atoms with E-state index < -0.39 is 6.67 Å². The zero-order chi connectivity index (χ0) is 13.2. The van der Waals surface area contributed by atoms with Gasteiger partial charge in [0, 0.05) is 18.3 Å². The van der Waals surface area contributed by atoms with E-state index in [-0.39, 0.29) is 6.54 Å². The maximum atomic E-state index is 12.2. The van der Waals surface area contributed by atoms with Gasteiger partial charge < -0.3 is 5.32 Å². The molecule has 1 aliphatic heterocycles. The van der Waals surface area contributed by atoms with Crippen LogP contribution in [0.4, 0.5) is 4.39 Å². The van der Waals surface area contributed by atoms with Gasteiger partial charge in [0.2, 0.25) is 0 Å². The van der Waals surface area contributed by atoms with Gasteiger partial charge in [-0.15, -0.1) is 5.10 Å². The van der Waals surface area contributed by atoms with Crippen LogP contribution in [0.15, 0.2) is 18.6 Å². The Morgan fingerprint density at radius 3 is 3.05 bits per heavy atom. The molecule has 102 valence electrons. The maximum Gasteiger partial charge on any atom is 0.116 e. The molecule has 2 aromatic heterocycles. The number of hydrogen-bond acceptors (Lipinski definition) is 4. The molecule has 0 radical (unpaired) electrons. The molecule has 0 unspecified atom stereocenters.